The molecule has 130 valence electrons. The molecule has 0 amide bonds. The van der Waals surface area contributed by atoms with Gasteiger partial charge in [-0.05, 0) is 30.2 Å². The van der Waals surface area contributed by atoms with Gasteiger partial charge in [0.15, 0.2) is 5.16 Å². The van der Waals surface area contributed by atoms with Gasteiger partial charge in [0.2, 0.25) is 0 Å². The van der Waals surface area contributed by atoms with Gasteiger partial charge in [-0.3, -0.25) is 0 Å². The van der Waals surface area contributed by atoms with Gasteiger partial charge in [-0.2, -0.15) is 0 Å². The van der Waals surface area contributed by atoms with Crippen LogP contribution in [0.4, 0.5) is 0 Å². The number of thiophene rings is 1. The predicted octanol–water partition coefficient (Wildman–Crippen LogP) is 7.27. The fraction of sp³-hybridized carbons (Fsp3) is 0.100. The zero-order chi connectivity index (χ0) is 18.1. The Labute approximate surface area is 170 Å². The Morgan fingerprint density at radius 2 is 1.69 bits per heavy atom. The van der Waals surface area contributed by atoms with Crippen molar-refractivity contribution in [2.45, 2.75) is 17.8 Å². The fourth-order valence-electron chi connectivity index (χ4n) is 2.62. The van der Waals surface area contributed by atoms with E-state index in [-0.39, 0.29) is 0 Å². The van der Waals surface area contributed by atoms with Crippen LogP contribution in [0.25, 0.3) is 21.3 Å². The molecule has 6 heteroatoms. The Morgan fingerprint density at radius 1 is 0.962 bits per heavy atom. The topological polar surface area (TPSA) is 25.8 Å². The van der Waals surface area contributed by atoms with Gasteiger partial charge >= 0.3 is 0 Å². The predicted molar refractivity (Wildman–Crippen MR) is 114 cm³/mol. The van der Waals surface area contributed by atoms with E-state index in [1.54, 1.807) is 23.1 Å². The number of thioether (sulfide) groups is 1. The minimum Gasteiger partial charge on any atom is -0.211 e. The number of halogens is 2. The smallest absolute Gasteiger partial charge is 0.190 e. The summed E-state index contributed by atoms with van der Waals surface area (Å²) in [4.78, 5) is 10.1. The van der Waals surface area contributed by atoms with E-state index in [0.29, 0.717) is 15.3 Å². The number of hydrogen-bond donors (Lipinski definition) is 0. The molecule has 4 rings (SSSR count). The highest BCUT2D eigenvalue weighted by Gasteiger charge is 2.14. The van der Waals surface area contributed by atoms with E-state index in [0.717, 1.165) is 27.1 Å². The van der Waals surface area contributed by atoms with Crippen LogP contribution in [0.2, 0.25) is 10.2 Å². The Kier molecular flexibility index (Phi) is 5.18. The first-order chi connectivity index (χ1) is 12.6. The second kappa shape index (κ2) is 7.57. The highest BCUT2D eigenvalue weighted by Crippen LogP contribution is 2.38. The molecule has 0 atom stereocenters. The Bertz CT molecular complexity index is 1060. The summed E-state index contributed by atoms with van der Waals surface area (Å²) in [5.74, 6) is 0.817. The largest absolute Gasteiger partial charge is 0.211 e. The van der Waals surface area contributed by atoms with Crippen LogP contribution in [-0.4, -0.2) is 9.97 Å². The van der Waals surface area contributed by atoms with Crippen molar-refractivity contribution in [1.29, 1.82) is 0 Å². The SMILES string of the molecule is Cc1ccc(CSc2nc(Cl)c3c(-c4ccc(Cl)cc4)csc3n2)cc1. The fourth-order valence-corrected chi connectivity index (χ4v) is 4.93. The van der Waals surface area contributed by atoms with Gasteiger partial charge in [0.25, 0.3) is 0 Å². The van der Waals surface area contributed by atoms with Crippen LogP contribution in [-0.2, 0) is 5.75 Å². The van der Waals surface area contributed by atoms with Crippen LogP contribution >= 0.6 is 46.3 Å². The maximum atomic E-state index is 6.51. The van der Waals surface area contributed by atoms with E-state index in [1.165, 1.54) is 11.1 Å². The van der Waals surface area contributed by atoms with Crippen LogP contribution in [0.1, 0.15) is 11.1 Å². The number of nitrogens with zero attached hydrogens (tertiary/aromatic N) is 2. The summed E-state index contributed by atoms with van der Waals surface area (Å²) in [6.07, 6.45) is 0. The monoisotopic (exact) mass is 416 g/mol. The molecule has 0 saturated heterocycles. The highest BCUT2D eigenvalue weighted by atomic mass is 35.5. The third kappa shape index (κ3) is 3.74. The molecule has 0 spiro atoms. The molecule has 0 N–H and O–H groups in total. The maximum Gasteiger partial charge on any atom is 0.190 e. The summed E-state index contributed by atoms with van der Waals surface area (Å²) in [7, 11) is 0. The zero-order valence-corrected chi connectivity index (χ0v) is 17.0. The average Bonchev–Trinajstić information content (AvgIpc) is 3.06. The van der Waals surface area contributed by atoms with Crippen LogP contribution < -0.4 is 0 Å². The Balaban J connectivity index is 1.63. The van der Waals surface area contributed by atoms with Gasteiger partial charge < -0.3 is 0 Å². The van der Waals surface area contributed by atoms with Crippen molar-refractivity contribution in [1.82, 2.24) is 9.97 Å². The van der Waals surface area contributed by atoms with Crippen molar-refractivity contribution in [2.75, 3.05) is 0 Å². The Morgan fingerprint density at radius 3 is 2.42 bits per heavy atom. The maximum absolute atomic E-state index is 6.51. The number of aryl methyl sites for hydroxylation is 1. The molecule has 0 aliphatic rings. The molecule has 2 heterocycles. The van der Waals surface area contributed by atoms with Gasteiger partial charge in [0.05, 0.1) is 5.39 Å². The van der Waals surface area contributed by atoms with Crippen molar-refractivity contribution in [3.8, 4) is 11.1 Å². The van der Waals surface area contributed by atoms with Gasteiger partial charge in [0, 0.05) is 21.7 Å². The van der Waals surface area contributed by atoms with E-state index in [2.05, 4.69) is 41.6 Å². The van der Waals surface area contributed by atoms with Crippen molar-refractivity contribution in [3.05, 3.63) is 75.2 Å². The van der Waals surface area contributed by atoms with E-state index in [1.807, 2.05) is 24.3 Å². The quantitative estimate of drug-likeness (QED) is 0.198. The summed E-state index contributed by atoms with van der Waals surface area (Å²) < 4.78 is 0. The van der Waals surface area contributed by atoms with Crippen LogP contribution in [0.5, 0.6) is 0 Å². The van der Waals surface area contributed by atoms with Gasteiger partial charge in [-0.15, -0.1) is 11.3 Å². The summed E-state index contributed by atoms with van der Waals surface area (Å²) in [5.41, 5.74) is 4.61. The number of hydrogen-bond acceptors (Lipinski definition) is 4. The van der Waals surface area contributed by atoms with Crippen LogP contribution in [0.3, 0.4) is 0 Å². The van der Waals surface area contributed by atoms with Crippen LogP contribution in [0, 0.1) is 6.92 Å². The van der Waals surface area contributed by atoms with Crippen molar-refractivity contribution in [3.63, 3.8) is 0 Å². The lowest BCUT2D eigenvalue weighted by atomic mass is 10.1. The minimum atomic E-state index is 0.493. The number of benzene rings is 2. The van der Waals surface area contributed by atoms with E-state index in [4.69, 9.17) is 28.2 Å². The first kappa shape index (κ1) is 17.8. The second-order valence-corrected chi connectivity index (χ2v) is 8.50. The normalized spacial score (nSPS) is 11.2. The van der Waals surface area contributed by atoms with Crippen molar-refractivity contribution in [2.24, 2.45) is 0 Å². The molecule has 0 bridgehead atoms. The number of rotatable bonds is 4. The number of aromatic nitrogens is 2. The summed E-state index contributed by atoms with van der Waals surface area (Å²) in [5, 5.41) is 4.88. The molecule has 2 aromatic heterocycles. The Hall–Kier alpha value is -1.59. The molecule has 26 heavy (non-hydrogen) atoms. The zero-order valence-electron chi connectivity index (χ0n) is 13.9. The molecule has 2 aromatic carbocycles. The third-order valence-corrected chi connectivity index (χ3v) is 6.33. The molecule has 2 nitrogen and oxygen atoms in total. The van der Waals surface area contributed by atoms with Gasteiger partial charge in [0.1, 0.15) is 9.98 Å². The summed E-state index contributed by atoms with van der Waals surface area (Å²) in [6, 6.07) is 16.2. The van der Waals surface area contributed by atoms with E-state index < -0.39 is 0 Å². The highest BCUT2D eigenvalue weighted by molar-refractivity contribution is 7.98. The molecule has 0 aliphatic heterocycles. The third-order valence-electron chi connectivity index (χ3n) is 4.01. The second-order valence-electron chi connectivity index (χ2n) is 5.91. The first-order valence-corrected chi connectivity index (χ1v) is 10.6. The molecule has 0 unspecified atom stereocenters. The molecule has 0 radical (unpaired) electrons. The average molecular weight is 417 g/mol. The summed E-state index contributed by atoms with van der Waals surface area (Å²) in [6.45, 7) is 2.09. The lowest BCUT2D eigenvalue weighted by Gasteiger charge is -2.05. The molecule has 0 saturated carbocycles. The lowest BCUT2D eigenvalue weighted by molar-refractivity contribution is 1.01. The number of fused-ring (bicyclic) bond motifs is 1. The molecular weight excluding hydrogens is 403 g/mol. The van der Waals surface area contributed by atoms with E-state index in [9.17, 15) is 0 Å². The summed E-state index contributed by atoms with van der Waals surface area (Å²) >= 11 is 15.7. The first-order valence-electron chi connectivity index (χ1n) is 7.99. The molecule has 4 aromatic rings. The standard InChI is InChI=1S/C20H14Cl2N2S2/c1-12-2-4-13(5-3-12)10-26-20-23-18(22)17-16(11-25-19(17)24-20)14-6-8-15(21)9-7-14/h2-9,11H,10H2,1H3. The lowest BCUT2D eigenvalue weighted by Crippen LogP contribution is -1.90. The van der Waals surface area contributed by atoms with Crippen LogP contribution in [0.15, 0.2) is 59.1 Å². The van der Waals surface area contributed by atoms with Crippen molar-refractivity contribution < 1.29 is 0 Å². The minimum absolute atomic E-state index is 0.493. The van der Waals surface area contributed by atoms with Gasteiger partial charge in [-0.25, -0.2) is 9.97 Å². The van der Waals surface area contributed by atoms with Crippen molar-refractivity contribution >= 4 is 56.5 Å². The van der Waals surface area contributed by atoms with E-state index >= 15 is 0 Å². The molecule has 0 aliphatic carbocycles. The molecular formula is C20H14Cl2N2S2. The van der Waals surface area contributed by atoms with Gasteiger partial charge in [-0.1, -0.05) is 76.9 Å². The molecule has 0 fully saturated rings.